The molecule has 2 rings (SSSR count). The number of nitrogens with two attached hydrogens (primary N) is 1. The highest BCUT2D eigenvalue weighted by Crippen LogP contribution is 2.17. The topological polar surface area (TPSA) is 110 Å². The number of hydrogen-bond donors (Lipinski definition) is 3. The van der Waals surface area contributed by atoms with Gasteiger partial charge in [-0.25, -0.2) is 28.6 Å². The molecule has 2 aromatic rings. The summed E-state index contributed by atoms with van der Waals surface area (Å²) in [6, 6.07) is 5.43. The van der Waals surface area contributed by atoms with Crippen molar-refractivity contribution in [2.45, 2.75) is 4.90 Å². The van der Waals surface area contributed by atoms with Gasteiger partial charge in [0.15, 0.2) is 0 Å². The van der Waals surface area contributed by atoms with Gasteiger partial charge in [0.2, 0.25) is 5.95 Å². The van der Waals surface area contributed by atoms with Crippen LogP contribution in [0.1, 0.15) is 0 Å². The van der Waals surface area contributed by atoms with Crippen molar-refractivity contribution in [3.8, 4) is 0 Å². The fraction of sp³-hybridized carbons (Fsp3) is 0. The fourth-order valence-corrected chi connectivity index (χ4v) is 2.23. The van der Waals surface area contributed by atoms with E-state index in [0.29, 0.717) is 0 Å². The molecule has 0 saturated heterocycles. The molecule has 0 saturated carbocycles. The number of nitrogens with zero attached hydrogens (tertiary/aromatic N) is 2. The van der Waals surface area contributed by atoms with E-state index in [1.54, 1.807) is 0 Å². The number of para-hydroxylation sites is 1. The molecule has 1 aromatic carbocycles. The third-order valence-corrected chi connectivity index (χ3v) is 3.51. The molecule has 4 N–H and O–H groups in total. The first-order valence-corrected chi connectivity index (χ1v) is 6.57. The van der Waals surface area contributed by atoms with E-state index in [1.807, 2.05) is 0 Å². The van der Waals surface area contributed by atoms with Gasteiger partial charge in [-0.15, -0.1) is 0 Å². The van der Waals surface area contributed by atoms with E-state index in [2.05, 4.69) is 20.1 Å². The highest BCUT2D eigenvalue weighted by atomic mass is 32.2. The minimum atomic E-state index is -3.94. The van der Waals surface area contributed by atoms with Crippen molar-refractivity contribution in [3.63, 3.8) is 0 Å². The number of benzene rings is 1. The van der Waals surface area contributed by atoms with E-state index in [1.165, 1.54) is 18.2 Å². The summed E-state index contributed by atoms with van der Waals surface area (Å²) in [5.41, 5.74) is 2.02. The second kappa shape index (κ2) is 5.16. The van der Waals surface area contributed by atoms with Crippen molar-refractivity contribution in [2.24, 2.45) is 5.84 Å². The SMILES string of the molecule is NNc1ncc(S(=O)(=O)Nc2ccccc2F)cn1. The highest BCUT2D eigenvalue weighted by molar-refractivity contribution is 7.92. The highest BCUT2D eigenvalue weighted by Gasteiger charge is 2.17. The van der Waals surface area contributed by atoms with Crippen LogP contribution in [-0.4, -0.2) is 18.4 Å². The van der Waals surface area contributed by atoms with Crippen LogP contribution in [0.25, 0.3) is 0 Å². The van der Waals surface area contributed by atoms with Crippen LogP contribution < -0.4 is 16.0 Å². The summed E-state index contributed by atoms with van der Waals surface area (Å²) in [5.74, 6) is 4.46. The molecule has 100 valence electrons. The summed E-state index contributed by atoms with van der Waals surface area (Å²) < 4.78 is 39.4. The van der Waals surface area contributed by atoms with Crippen molar-refractivity contribution < 1.29 is 12.8 Å². The first-order valence-electron chi connectivity index (χ1n) is 5.09. The van der Waals surface area contributed by atoms with Gasteiger partial charge in [-0.1, -0.05) is 12.1 Å². The van der Waals surface area contributed by atoms with Crippen molar-refractivity contribution >= 4 is 21.7 Å². The summed E-state index contributed by atoms with van der Waals surface area (Å²) in [6.07, 6.45) is 2.12. The minimum absolute atomic E-state index is 0.0739. The molecule has 0 aliphatic carbocycles. The molecular formula is C10H10FN5O2S. The number of halogens is 1. The van der Waals surface area contributed by atoms with Gasteiger partial charge in [-0.2, -0.15) is 0 Å². The lowest BCUT2D eigenvalue weighted by atomic mass is 10.3. The van der Waals surface area contributed by atoms with E-state index < -0.39 is 15.8 Å². The van der Waals surface area contributed by atoms with Gasteiger partial charge in [0.05, 0.1) is 18.1 Å². The van der Waals surface area contributed by atoms with Crippen LogP contribution in [0, 0.1) is 5.82 Å². The van der Waals surface area contributed by atoms with Gasteiger partial charge < -0.3 is 0 Å². The molecule has 1 heterocycles. The van der Waals surface area contributed by atoms with E-state index in [9.17, 15) is 12.8 Å². The van der Waals surface area contributed by atoms with Gasteiger partial charge in [-0.3, -0.25) is 10.1 Å². The average Bonchev–Trinajstić information content (AvgIpc) is 2.41. The van der Waals surface area contributed by atoms with Crippen LogP contribution in [0.4, 0.5) is 16.0 Å². The first-order chi connectivity index (χ1) is 9.03. The zero-order chi connectivity index (χ0) is 13.9. The summed E-state index contributed by atoms with van der Waals surface area (Å²) in [4.78, 5) is 7.14. The molecule has 0 spiro atoms. The first kappa shape index (κ1) is 13.2. The standard InChI is InChI=1S/C10H10FN5O2S/c11-8-3-1-2-4-9(8)16-19(17,18)7-5-13-10(15-12)14-6-7/h1-6,16H,12H2,(H,13,14,15). The Morgan fingerprint density at radius 1 is 1.16 bits per heavy atom. The summed E-state index contributed by atoms with van der Waals surface area (Å²) in [5, 5.41) is 0. The largest absolute Gasteiger partial charge is 0.292 e. The molecule has 7 nitrogen and oxygen atoms in total. The summed E-state index contributed by atoms with van der Waals surface area (Å²) in [7, 11) is -3.94. The summed E-state index contributed by atoms with van der Waals surface area (Å²) in [6.45, 7) is 0. The monoisotopic (exact) mass is 283 g/mol. The van der Waals surface area contributed by atoms with Crippen molar-refractivity contribution in [3.05, 3.63) is 42.5 Å². The number of rotatable bonds is 4. The van der Waals surface area contributed by atoms with E-state index in [0.717, 1.165) is 18.5 Å². The quantitative estimate of drug-likeness (QED) is 0.563. The van der Waals surface area contributed by atoms with Gasteiger partial charge in [0.25, 0.3) is 10.0 Å². The summed E-state index contributed by atoms with van der Waals surface area (Å²) >= 11 is 0. The van der Waals surface area contributed by atoms with Gasteiger partial charge in [0, 0.05) is 0 Å². The Labute approximate surface area is 108 Å². The lowest BCUT2D eigenvalue weighted by Crippen LogP contribution is -2.16. The molecule has 1 aromatic heterocycles. The Hall–Kier alpha value is -2.26. The van der Waals surface area contributed by atoms with Crippen molar-refractivity contribution in [1.29, 1.82) is 0 Å². The van der Waals surface area contributed by atoms with Crippen LogP contribution >= 0.6 is 0 Å². The Morgan fingerprint density at radius 2 is 1.79 bits per heavy atom. The number of hydrazine groups is 1. The van der Waals surface area contributed by atoms with E-state index in [4.69, 9.17) is 5.84 Å². The van der Waals surface area contributed by atoms with Crippen LogP contribution in [0.15, 0.2) is 41.6 Å². The molecule has 0 atom stereocenters. The molecule has 0 aliphatic rings. The lowest BCUT2D eigenvalue weighted by molar-refractivity contribution is 0.597. The Bertz CT molecular complexity index is 675. The zero-order valence-electron chi connectivity index (χ0n) is 9.54. The molecule has 0 aliphatic heterocycles. The van der Waals surface area contributed by atoms with Crippen LogP contribution in [-0.2, 0) is 10.0 Å². The van der Waals surface area contributed by atoms with E-state index >= 15 is 0 Å². The third kappa shape index (κ3) is 2.95. The van der Waals surface area contributed by atoms with Crippen LogP contribution in [0.2, 0.25) is 0 Å². The predicted octanol–water partition coefficient (Wildman–Crippen LogP) is 0.702. The number of sulfonamides is 1. The molecule has 0 unspecified atom stereocenters. The van der Waals surface area contributed by atoms with Crippen molar-refractivity contribution in [1.82, 2.24) is 9.97 Å². The Balaban J connectivity index is 2.30. The molecule has 0 amide bonds. The number of hydrogen-bond acceptors (Lipinski definition) is 6. The molecule has 19 heavy (non-hydrogen) atoms. The van der Waals surface area contributed by atoms with Gasteiger partial charge in [-0.05, 0) is 12.1 Å². The maximum absolute atomic E-state index is 13.4. The van der Waals surface area contributed by atoms with Crippen LogP contribution in [0.3, 0.4) is 0 Å². The minimum Gasteiger partial charge on any atom is -0.292 e. The van der Waals surface area contributed by atoms with E-state index in [-0.39, 0.29) is 16.5 Å². The molecule has 0 fully saturated rings. The van der Waals surface area contributed by atoms with Gasteiger partial charge in [0.1, 0.15) is 10.7 Å². The lowest BCUT2D eigenvalue weighted by Gasteiger charge is -2.08. The molecule has 0 bridgehead atoms. The molecular weight excluding hydrogens is 273 g/mol. The molecule has 9 heteroatoms. The number of aromatic nitrogens is 2. The second-order valence-electron chi connectivity index (χ2n) is 3.47. The normalized spacial score (nSPS) is 11.1. The number of nitrogen functional groups attached to an aromatic ring is 1. The van der Waals surface area contributed by atoms with Gasteiger partial charge >= 0.3 is 0 Å². The third-order valence-electron chi connectivity index (χ3n) is 2.19. The smallest absolute Gasteiger partial charge is 0.265 e. The average molecular weight is 283 g/mol. The zero-order valence-corrected chi connectivity index (χ0v) is 10.4. The Kier molecular flexibility index (Phi) is 3.58. The van der Waals surface area contributed by atoms with Crippen molar-refractivity contribution in [2.75, 3.05) is 10.1 Å². The Morgan fingerprint density at radius 3 is 2.37 bits per heavy atom. The number of anilines is 2. The predicted molar refractivity (Wildman–Crippen MR) is 67.1 cm³/mol. The number of nitrogens with one attached hydrogen (secondary N) is 2. The second-order valence-corrected chi connectivity index (χ2v) is 5.15. The van der Waals surface area contributed by atoms with Crippen LogP contribution in [0.5, 0.6) is 0 Å². The molecule has 0 radical (unpaired) electrons. The maximum Gasteiger partial charge on any atom is 0.265 e. The maximum atomic E-state index is 13.4. The fourth-order valence-electron chi connectivity index (χ4n) is 1.28.